The van der Waals surface area contributed by atoms with Crippen LogP contribution in [0.1, 0.15) is 10.4 Å². The average Bonchev–Trinajstić information content (AvgIpc) is 2.03. The Morgan fingerprint density at radius 1 is 1.54 bits per heavy atom. The second kappa shape index (κ2) is 3.50. The molecule has 0 aliphatic rings. The first-order valence-electron chi connectivity index (χ1n) is 3.15. The Bertz CT molecular complexity index is 400. The molecule has 1 aromatic rings. The van der Waals surface area contributed by atoms with Gasteiger partial charge in [-0.1, -0.05) is 0 Å². The Kier molecular flexibility index (Phi) is 2.59. The van der Waals surface area contributed by atoms with Crippen LogP contribution in [0.5, 0.6) is 0 Å². The molecule has 7 heteroatoms. The second-order valence-corrected chi connectivity index (χ2v) is 3.26. The fraction of sp³-hybridized carbons (Fsp3) is 0. The molecule has 0 bridgehead atoms. The molecule has 0 fully saturated rings. The molecule has 0 radical (unpaired) electrons. The normalized spacial score (nSPS) is 10.8. The maximum atomic E-state index is 10.9. The summed E-state index contributed by atoms with van der Waals surface area (Å²) in [5.74, 6) is -1.05. The smallest absolute Gasteiger partial charge is 0.330 e. The fourth-order valence-corrected chi connectivity index (χ4v) is 0.944. The van der Waals surface area contributed by atoms with Gasteiger partial charge in [0.2, 0.25) is 0 Å². The number of nitrogens with zero attached hydrogens (tertiary/aromatic N) is 1. The van der Waals surface area contributed by atoms with Gasteiger partial charge in [0.05, 0.1) is 5.56 Å². The second-order valence-electron chi connectivity index (χ2n) is 2.11. The molecule has 0 aromatic carbocycles. The Morgan fingerprint density at radius 3 is 2.69 bits per heavy atom. The van der Waals surface area contributed by atoms with E-state index in [0.717, 1.165) is 0 Å². The number of hydrogen-bond acceptors (Lipinski definition) is 5. The van der Waals surface area contributed by atoms with Crippen LogP contribution in [0.15, 0.2) is 24.5 Å². The average molecular weight is 202 g/mol. The van der Waals surface area contributed by atoms with Crippen LogP contribution in [-0.4, -0.2) is 19.4 Å². The molecule has 0 saturated carbocycles. The molecule has 0 spiro atoms. The summed E-state index contributed by atoms with van der Waals surface area (Å²) < 4.78 is 24.6. The number of hydrogen-bond donors (Lipinski definition) is 1. The van der Waals surface area contributed by atoms with E-state index < -0.39 is 16.3 Å². The van der Waals surface area contributed by atoms with Gasteiger partial charge in [0.1, 0.15) is 0 Å². The van der Waals surface area contributed by atoms with Crippen molar-refractivity contribution in [3.8, 4) is 0 Å². The van der Waals surface area contributed by atoms with Crippen molar-refractivity contribution in [1.82, 2.24) is 4.98 Å². The van der Waals surface area contributed by atoms with Crippen molar-refractivity contribution in [2.45, 2.75) is 0 Å². The van der Waals surface area contributed by atoms with Crippen molar-refractivity contribution in [2.24, 2.45) is 5.14 Å². The summed E-state index contributed by atoms with van der Waals surface area (Å²) in [5, 5.41) is 4.48. The largest absolute Gasteiger partial charge is 0.382 e. The van der Waals surface area contributed by atoms with Crippen molar-refractivity contribution in [1.29, 1.82) is 0 Å². The molecule has 0 unspecified atom stereocenters. The van der Waals surface area contributed by atoms with Crippen LogP contribution in [-0.2, 0) is 14.5 Å². The van der Waals surface area contributed by atoms with Gasteiger partial charge in [0.25, 0.3) is 0 Å². The number of carbonyl (C=O) groups excluding carboxylic acids is 1. The molecule has 0 aliphatic heterocycles. The van der Waals surface area contributed by atoms with E-state index in [1.165, 1.54) is 24.5 Å². The molecule has 13 heavy (non-hydrogen) atoms. The summed E-state index contributed by atoms with van der Waals surface area (Å²) in [7, 11) is -4.25. The molecule has 1 heterocycles. The first kappa shape index (κ1) is 9.62. The predicted octanol–water partition coefficient (Wildman–Crippen LogP) is -0.558. The first-order valence-corrected chi connectivity index (χ1v) is 4.63. The van der Waals surface area contributed by atoms with Crippen LogP contribution in [0.25, 0.3) is 0 Å². The lowest BCUT2D eigenvalue weighted by Crippen LogP contribution is -2.20. The van der Waals surface area contributed by atoms with Gasteiger partial charge in [-0.3, -0.25) is 4.98 Å². The Hall–Kier alpha value is -1.47. The summed E-state index contributed by atoms with van der Waals surface area (Å²) in [6, 6.07) is 2.83. The summed E-state index contributed by atoms with van der Waals surface area (Å²) in [4.78, 5) is 14.5. The lowest BCUT2D eigenvalue weighted by molar-refractivity contribution is 0.0746. The molecule has 1 rings (SSSR count). The predicted molar refractivity (Wildman–Crippen MR) is 42.8 cm³/mol. The van der Waals surface area contributed by atoms with Crippen LogP contribution in [0.3, 0.4) is 0 Å². The Morgan fingerprint density at radius 2 is 2.23 bits per heavy atom. The zero-order chi connectivity index (χ0) is 9.90. The minimum Gasteiger partial charge on any atom is -0.330 e. The SMILES string of the molecule is NS(=O)(=O)OC(=O)c1cccnc1. The number of pyridine rings is 1. The summed E-state index contributed by atoms with van der Waals surface area (Å²) in [6.07, 6.45) is 2.61. The molecule has 0 amide bonds. The van der Waals surface area contributed by atoms with E-state index in [0.29, 0.717) is 0 Å². The quantitative estimate of drug-likeness (QED) is 0.693. The first-order chi connectivity index (χ1) is 5.99. The summed E-state index contributed by atoms with van der Waals surface area (Å²) in [6.45, 7) is 0. The third-order valence-electron chi connectivity index (χ3n) is 1.09. The Balaban J connectivity index is 2.82. The van der Waals surface area contributed by atoms with Gasteiger partial charge in [0, 0.05) is 12.4 Å². The van der Waals surface area contributed by atoms with Crippen molar-refractivity contribution < 1.29 is 17.4 Å². The lowest BCUT2D eigenvalue weighted by Gasteiger charge is -1.98. The highest BCUT2D eigenvalue weighted by molar-refractivity contribution is 7.84. The fourth-order valence-electron chi connectivity index (χ4n) is 0.637. The van der Waals surface area contributed by atoms with E-state index in [-0.39, 0.29) is 5.56 Å². The van der Waals surface area contributed by atoms with Crippen LogP contribution in [0, 0.1) is 0 Å². The highest BCUT2D eigenvalue weighted by Crippen LogP contribution is 1.99. The van der Waals surface area contributed by atoms with Gasteiger partial charge in [-0.05, 0) is 12.1 Å². The van der Waals surface area contributed by atoms with E-state index in [9.17, 15) is 13.2 Å². The Labute approximate surface area is 74.6 Å². The van der Waals surface area contributed by atoms with Gasteiger partial charge in [-0.15, -0.1) is 0 Å². The lowest BCUT2D eigenvalue weighted by atomic mass is 10.3. The number of rotatable bonds is 2. The molecule has 2 N–H and O–H groups in total. The summed E-state index contributed by atoms with van der Waals surface area (Å²) >= 11 is 0. The van der Waals surface area contributed by atoms with Gasteiger partial charge >= 0.3 is 16.3 Å². The van der Waals surface area contributed by atoms with Crippen LogP contribution >= 0.6 is 0 Å². The zero-order valence-corrected chi connectivity index (χ0v) is 7.19. The molecular formula is C6H6N2O4S. The number of nitrogens with two attached hydrogens (primary N) is 1. The van der Waals surface area contributed by atoms with Crippen molar-refractivity contribution in [2.75, 3.05) is 0 Å². The molecule has 0 aliphatic carbocycles. The molecule has 1 aromatic heterocycles. The van der Waals surface area contributed by atoms with E-state index >= 15 is 0 Å². The van der Waals surface area contributed by atoms with Crippen molar-refractivity contribution in [3.05, 3.63) is 30.1 Å². The topological polar surface area (TPSA) is 99.4 Å². The molecule has 70 valence electrons. The van der Waals surface area contributed by atoms with E-state index in [1.54, 1.807) is 0 Å². The standard InChI is InChI=1S/C6H6N2O4S/c7-13(10,11)12-6(9)5-2-1-3-8-4-5/h1-4H,(H2,7,10,11). The maximum Gasteiger partial charge on any atom is 0.382 e. The van der Waals surface area contributed by atoms with Crippen molar-refractivity contribution in [3.63, 3.8) is 0 Å². The zero-order valence-electron chi connectivity index (χ0n) is 6.38. The monoisotopic (exact) mass is 202 g/mol. The molecule has 6 nitrogen and oxygen atoms in total. The third-order valence-corrected chi connectivity index (χ3v) is 1.47. The van der Waals surface area contributed by atoms with Crippen molar-refractivity contribution >= 4 is 16.3 Å². The van der Waals surface area contributed by atoms with E-state index in [4.69, 9.17) is 0 Å². The highest BCUT2D eigenvalue weighted by Gasteiger charge is 2.13. The summed E-state index contributed by atoms with van der Waals surface area (Å²) in [5.41, 5.74) is 0.0246. The minimum absolute atomic E-state index is 0.0246. The van der Waals surface area contributed by atoms with Crippen LogP contribution in [0.4, 0.5) is 0 Å². The third kappa shape index (κ3) is 3.18. The van der Waals surface area contributed by atoms with Crippen LogP contribution < -0.4 is 5.14 Å². The molecular weight excluding hydrogens is 196 g/mol. The number of aromatic nitrogens is 1. The highest BCUT2D eigenvalue weighted by atomic mass is 32.2. The van der Waals surface area contributed by atoms with Gasteiger partial charge in [-0.2, -0.15) is 13.6 Å². The number of carbonyl (C=O) groups is 1. The van der Waals surface area contributed by atoms with E-state index in [1.807, 2.05) is 0 Å². The van der Waals surface area contributed by atoms with Gasteiger partial charge in [0.15, 0.2) is 0 Å². The molecule has 0 saturated heterocycles. The minimum atomic E-state index is -4.25. The molecule has 0 atom stereocenters. The van der Waals surface area contributed by atoms with Gasteiger partial charge < -0.3 is 4.18 Å². The maximum absolute atomic E-state index is 10.9. The van der Waals surface area contributed by atoms with Crippen LogP contribution in [0.2, 0.25) is 0 Å². The van der Waals surface area contributed by atoms with Gasteiger partial charge in [-0.25, -0.2) is 4.79 Å². The van der Waals surface area contributed by atoms with E-state index in [2.05, 4.69) is 14.3 Å².